The molecule has 0 amide bonds. The standard InChI is InChI=1S/C12H17BrN4O3/c1-20-5-4-16-3-2-9(8-16)15-12-11(13)6-10(7-14-12)17(18)19/h6-7,9H,2-5,8H2,1H3,(H,14,15)/t9-/m1/s1. The molecule has 1 N–H and O–H groups in total. The molecule has 20 heavy (non-hydrogen) atoms. The first-order valence-corrected chi connectivity index (χ1v) is 7.17. The number of methoxy groups -OCH3 is 1. The Hall–Kier alpha value is -1.25. The average molecular weight is 345 g/mol. The highest BCUT2D eigenvalue weighted by molar-refractivity contribution is 9.10. The molecule has 1 fully saturated rings. The Bertz CT molecular complexity index is 486. The molecule has 1 aromatic heterocycles. The van der Waals surface area contributed by atoms with Crippen LogP contribution < -0.4 is 5.32 Å². The molecule has 0 spiro atoms. The molecule has 0 aliphatic carbocycles. The van der Waals surface area contributed by atoms with Crippen molar-refractivity contribution in [1.82, 2.24) is 9.88 Å². The largest absolute Gasteiger partial charge is 0.383 e. The van der Waals surface area contributed by atoms with E-state index in [2.05, 4.69) is 31.1 Å². The zero-order valence-electron chi connectivity index (χ0n) is 11.2. The fourth-order valence-electron chi connectivity index (χ4n) is 2.20. The molecule has 8 heteroatoms. The molecule has 0 radical (unpaired) electrons. The Morgan fingerprint density at radius 3 is 3.15 bits per heavy atom. The van der Waals surface area contributed by atoms with Gasteiger partial charge in [0.05, 0.1) is 16.0 Å². The van der Waals surface area contributed by atoms with Crippen LogP contribution in [0.15, 0.2) is 16.7 Å². The number of likely N-dealkylation sites (tertiary alicyclic amines) is 1. The van der Waals surface area contributed by atoms with Gasteiger partial charge in [0.1, 0.15) is 12.0 Å². The van der Waals surface area contributed by atoms with E-state index in [-0.39, 0.29) is 5.69 Å². The highest BCUT2D eigenvalue weighted by Gasteiger charge is 2.23. The summed E-state index contributed by atoms with van der Waals surface area (Å²) in [6.45, 7) is 3.59. The second kappa shape index (κ2) is 6.96. The van der Waals surface area contributed by atoms with Gasteiger partial charge in [-0.15, -0.1) is 0 Å². The number of ether oxygens (including phenoxy) is 1. The molecule has 1 saturated heterocycles. The Kier molecular flexibility index (Phi) is 5.27. The number of aromatic nitrogens is 1. The average Bonchev–Trinajstić information content (AvgIpc) is 2.86. The van der Waals surface area contributed by atoms with Gasteiger partial charge in [0.15, 0.2) is 0 Å². The van der Waals surface area contributed by atoms with Crippen molar-refractivity contribution in [3.8, 4) is 0 Å². The number of nitro groups is 1. The first-order chi connectivity index (χ1) is 9.60. The number of anilines is 1. The number of halogens is 1. The van der Waals surface area contributed by atoms with Crippen LogP contribution in [0.4, 0.5) is 11.5 Å². The van der Waals surface area contributed by atoms with Gasteiger partial charge in [-0.2, -0.15) is 0 Å². The summed E-state index contributed by atoms with van der Waals surface area (Å²) >= 11 is 3.32. The normalized spacial score (nSPS) is 19.2. The maximum Gasteiger partial charge on any atom is 0.288 e. The van der Waals surface area contributed by atoms with Gasteiger partial charge < -0.3 is 10.1 Å². The second-order valence-electron chi connectivity index (χ2n) is 4.70. The number of nitrogens with one attached hydrogen (secondary N) is 1. The quantitative estimate of drug-likeness (QED) is 0.626. The third-order valence-electron chi connectivity index (χ3n) is 3.26. The van der Waals surface area contributed by atoms with E-state index in [0.717, 1.165) is 32.7 Å². The van der Waals surface area contributed by atoms with Gasteiger partial charge in [0, 0.05) is 38.9 Å². The van der Waals surface area contributed by atoms with Crippen molar-refractivity contribution >= 4 is 27.4 Å². The van der Waals surface area contributed by atoms with E-state index < -0.39 is 4.92 Å². The van der Waals surface area contributed by atoms with Gasteiger partial charge in [-0.05, 0) is 22.4 Å². The zero-order chi connectivity index (χ0) is 14.5. The fraction of sp³-hybridized carbons (Fsp3) is 0.583. The molecule has 0 aromatic carbocycles. The van der Waals surface area contributed by atoms with Crippen LogP contribution >= 0.6 is 15.9 Å². The number of nitrogens with zero attached hydrogens (tertiary/aromatic N) is 3. The molecule has 1 atom stereocenters. The molecule has 0 saturated carbocycles. The van der Waals surface area contributed by atoms with Gasteiger partial charge in [-0.1, -0.05) is 0 Å². The maximum absolute atomic E-state index is 10.7. The molecular weight excluding hydrogens is 328 g/mol. The lowest BCUT2D eigenvalue weighted by Gasteiger charge is -2.16. The fourth-order valence-corrected chi connectivity index (χ4v) is 2.65. The third-order valence-corrected chi connectivity index (χ3v) is 3.87. The SMILES string of the molecule is COCCN1CC[C@@H](Nc2ncc([N+](=O)[O-])cc2Br)C1. The predicted molar refractivity (Wildman–Crippen MR) is 78.9 cm³/mol. The van der Waals surface area contributed by atoms with E-state index in [4.69, 9.17) is 4.74 Å². The lowest BCUT2D eigenvalue weighted by molar-refractivity contribution is -0.385. The molecule has 2 rings (SSSR count). The predicted octanol–water partition coefficient (Wildman–Crippen LogP) is 1.88. The van der Waals surface area contributed by atoms with E-state index >= 15 is 0 Å². The van der Waals surface area contributed by atoms with Crippen LogP contribution in [0.5, 0.6) is 0 Å². The Balaban J connectivity index is 1.92. The van der Waals surface area contributed by atoms with Gasteiger partial charge in [0.2, 0.25) is 0 Å². The first kappa shape index (κ1) is 15.1. The third kappa shape index (κ3) is 3.87. The summed E-state index contributed by atoms with van der Waals surface area (Å²) in [5.74, 6) is 0.647. The Labute approximate surface area is 125 Å². The van der Waals surface area contributed by atoms with Gasteiger partial charge in [-0.3, -0.25) is 15.0 Å². The number of rotatable bonds is 6. The number of hydrogen-bond donors (Lipinski definition) is 1. The summed E-state index contributed by atoms with van der Waals surface area (Å²) in [6, 6.07) is 1.77. The molecule has 2 heterocycles. The van der Waals surface area contributed by atoms with Crippen molar-refractivity contribution in [1.29, 1.82) is 0 Å². The molecule has 110 valence electrons. The lowest BCUT2D eigenvalue weighted by Crippen LogP contribution is -2.29. The van der Waals surface area contributed by atoms with Crippen LogP contribution in [0.2, 0.25) is 0 Å². The van der Waals surface area contributed by atoms with Crippen LogP contribution in [-0.4, -0.2) is 54.2 Å². The Morgan fingerprint density at radius 2 is 2.50 bits per heavy atom. The summed E-state index contributed by atoms with van der Waals surface area (Å²) in [5.41, 5.74) is -0.0180. The van der Waals surface area contributed by atoms with Crippen LogP contribution in [-0.2, 0) is 4.74 Å². The minimum atomic E-state index is -0.455. The minimum absolute atomic E-state index is 0.0180. The van der Waals surface area contributed by atoms with E-state index in [1.807, 2.05) is 0 Å². The summed E-state index contributed by atoms with van der Waals surface area (Å²) < 4.78 is 5.68. The summed E-state index contributed by atoms with van der Waals surface area (Å²) in [5, 5.41) is 14.0. The molecule has 0 unspecified atom stereocenters. The van der Waals surface area contributed by atoms with Crippen LogP contribution in [0.1, 0.15) is 6.42 Å². The van der Waals surface area contributed by atoms with Gasteiger partial charge in [-0.25, -0.2) is 4.98 Å². The zero-order valence-corrected chi connectivity index (χ0v) is 12.8. The smallest absolute Gasteiger partial charge is 0.288 e. The first-order valence-electron chi connectivity index (χ1n) is 6.38. The van der Waals surface area contributed by atoms with Crippen molar-refractivity contribution in [3.63, 3.8) is 0 Å². The monoisotopic (exact) mass is 344 g/mol. The van der Waals surface area contributed by atoms with E-state index in [1.165, 1.54) is 12.3 Å². The number of pyridine rings is 1. The summed E-state index contributed by atoms with van der Waals surface area (Å²) in [7, 11) is 1.70. The van der Waals surface area contributed by atoms with E-state index in [9.17, 15) is 10.1 Å². The van der Waals surface area contributed by atoms with E-state index in [1.54, 1.807) is 7.11 Å². The molecule has 0 bridgehead atoms. The van der Waals surface area contributed by atoms with Crippen LogP contribution in [0.3, 0.4) is 0 Å². The molecule has 1 aromatic rings. The minimum Gasteiger partial charge on any atom is -0.383 e. The second-order valence-corrected chi connectivity index (χ2v) is 5.56. The molecule has 1 aliphatic rings. The molecular formula is C12H17BrN4O3. The highest BCUT2D eigenvalue weighted by Crippen LogP contribution is 2.26. The highest BCUT2D eigenvalue weighted by atomic mass is 79.9. The van der Waals surface area contributed by atoms with Crippen molar-refractivity contribution in [2.45, 2.75) is 12.5 Å². The Morgan fingerprint density at radius 1 is 1.70 bits per heavy atom. The topological polar surface area (TPSA) is 80.5 Å². The van der Waals surface area contributed by atoms with Crippen LogP contribution in [0.25, 0.3) is 0 Å². The van der Waals surface area contributed by atoms with E-state index in [0.29, 0.717) is 16.3 Å². The van der Waals surface area contributed by atoms with Crippen molar-refractivity contribution in [3.05, 3.63) is 26.9 Å². The van der Waals surface area contributed by atoms with Gasteiger partial charge >= 0.3 is 0 Å². The van der Waals surface area contributed by atoms with Crippen molar-refractivity contribution in [2.24, 2.45) is 0 Å². The molecule has 7 nitrogen and oxygen atoms in total. The number of hydrogen-bond acceptors (Lipinski definition) is 6. The lowest BCUT2D eigenvalue weighted by atomic mass is 10.2. The molecule has 1 aliphatic heterocycles. The maximum atomic E-state index is 10.7. The van der Waals surface area contributed by atoms with Crippen molar-refractivity contribution in [2.75, 3.05) is 38.7 Å². The summed E-state index contributed by atoms with van der Waals surface area (Å²) in [4.78, 5) is 16.6. The van der Waals surface area contributed by atoms with Gasteiger partial charge in [0.25, 0.3) is 5.69 Å². The van der Waals surface area contributed by atoms with Crippen molar-refractivity contribution < 1.29 is 9.66 Å². The summed E-state index contributed by atoms with van der Waals surface area (Å²) in [6.07, 6.45) is 2.29. The van der Waals surface area contributed by atoms with Crippen LogP contribution in [0, 0.1) is 10.1 Å².